The first-order valence-electron chi connectivity index (χ1n) is 8.27. The first kappa shape index (κ1) is 15.3. The predicted octanol–water partition coefficient (Wildman–Crippen LogP) is 5.28. The molecule has 0 saturated heterocycles. The van der Waals surface area contributed by atoms with E-state index in [0.717, 1.165) is 38.0 Å². The summed E-state index contributed by atoms with van der Waals surface area (Å²) in [6.45, 7) is 4.45. The lowest BCUT2D eigenvalue weighted by Gasteiger charge is -2.48. The molecule has 0 radical (unpaired) electrons. The van der Waals surface area contributed by atoms with Crippen LogP contribution in [0, 0.1) is 5.92 Å². The number of carbonyl (C=O) groups excluding carboxylic acids is 1. The molecule has 0 spiro atoms. The lowest BCUT2D eigenvalue weighted by atomic mass is 9.56. The molecule has 0 N–H and O–H groups in total. The zero-order valence-corrected chi connectivity index (χ0v) is 13.0. The molecule has 0 unspecified atom stereocenters. The fourth-order valence-corrected chi connectivity index (χ4v) is 3.63. The second-order valence-corrected chi connectivity index (χ2v) is 6.46. The van der Waals surface area contributed by atoms with Gasteiger partial charge in [-0.05, 0) is 49.0 Å². The minimum absolute atomic E-state index is 0.401. The van der Waals surface area contributed by atoms with E-state index in [0.29, 0.717) is 11.2 Å². The number of Topliss-reactive ketones (excluding diaryl/α,β-unsaturated/α-hetero) is 1. The van der Waals surface area contributed by atoms with Gasteiger partial charge in [0, 0.05) is 12.8 Å². The van der Waals surface area contributed by atoms with Crippen LogP contribution < -0.4 is 0 Å². The van der Waals surface area contributed by atoms with Crippen molar-refractivity contribution >= 4 is 5.78 Å². The molecule has 2 rings (SSSR count). The molecule has 1 nitrogen and oxygen atoms in total. The Morgan fingerprint density at radius 1 is 1.15 bits per heavy atom. The van der Waals surface area contributed by atoms with Crippen LogP contribution in [0.1, 0.15) is 70.8 Å². The Hall–Kier alpha value is -1.11. The number of hydrogen-bond donors (Lipinski definition) is 0. The highest BCUT2D eigenvalue weighted by Crippen LogP contribution is 2.51. The summed E-state index contributed by atoms with van der Waals surface area (Å²) < 4.78 is 0. The van der Waals surface area contributed by atoms with Gasteiger partial charge in [0.25, 0.3) is 0 Å². The summed E-state index contributed by atoms with van der Waals surface area (Å²) in [5, 5.41) is 0. The van der Waals surface area contributed by atoms with Crippen LogP contribution in [0.15, 0.2) is 30.3 Å². The van der Waals surface area contributed by atoms with Crippen molar-refractivity contribution in [2.45, 2.75) is 70.6 Å². The van der Waals surface area contributed by atoms with Crippen LogP contribution in [-0.4, -0.2) is 5.78 Å². The van der Waals surface area contributed by atoms with Gasteiger partial charge in [0.05, 0.1) is 0 Å². The largest absolute Gasteiger partial charge is 0.300 e. The van der Waals surface area contributed by atoms with E-state index in [2.05, 4.69) is 44.2 Å². The normalized spacial score (nSPS) is 25.2. The number of rotatable bonds is 8. The van der Waals surface area contributed by atoms with Crippen molar-refractivity contribution in [3.8, 4) is 0 Å². The molecule has 110 valence electrons. The van der Waals surface area contributed by atoms with Crippen LogP contribution in [0.25, 0.3) is 0 Å². The van der Waals surface area contributed by atoms with E-state index >= 15 is 0 Å². The molecule has 0 amide bonds. The van der Waals surface area contributed by atoms with Gasteiger partial charge >= 0.3 is 0 Å². The fraction of sp³-hybridized carbons (Fsp3) is 0.632. The zero-order chi connectivity index (χ0) is 14.4. The Bertz CT molecular complexity index is 415. The highest BCUT2D eigenvalue weighted by Gasteiger charge is 2.43. The van der Waals surface area contributed by atoms with E-state index in [9.17, 15) is 4.79 Å². The van der Waals surface area contributed by atoms with E-state index in [1.165, 1.54) is 24.8 Å². The van der Waals surface area contributed by atoms with E-state index in [1.54, 1.807) is 0 Å². The molecule has 1 saturated carbocycles. The molecular weight excluding hydrogens is 244 g/mol. The van der Waals surface area contributed by atoms with Crippen LogP contribution >= 0.6 is 0 Å². The number of carbonyl (C=O) groups is 1. The quantitative estimate of drug-likeness (QED) is 0.629. The van der Waals surface area contributed by atoms with Gasteiger partial charge in [-0.1, -0.05) is 50.6 Å². The molecule has 0 heterocycles. The van der Waals surface area contributed by atoms with Crippen molar-refractivity contribution in [3.05, 3.63) is 35.9 Å². The van der Waals surface area contributed by atoms with E-state index in [-0.39, 0.29) is 0 Å². The molecule has 0 bridgehead atoms. The molecule has 0 atom stereocenters. The average Bonchev–Trinajstić information content (AvgIpc) is 2.45. The predicted molar refractivity (Wildman–Crippen MR) is 84.9 cm³/mol. The summed E-state index contributed by atoms with van der Waals surface area (Å²) in [7, 11) is 0. The third-order valence-electron chi connectivity index (χ3n) is 5.06. The summed E-state index contributed by atoms with van der Waals surface area (Å²) in [6, 6.07) is 10.9. The topological polar surface area (TPSA) is 17.1 Å². The Labute approximate surface area is 123 Å². The summed E-state index contributed by atoms with van der Waals surface area (Å²) in [5.41, 5.74) is 1.90. The Morgan fingerprint density at radius 3 is 2.45 bits per heavy atom. The lowest BCUT2D eigenvalue weighted by Crippen LogP contribution is -2.40. The van der Waals surface area contributed by atoms with Crippen molar-refractivity contribution in [2.24, 2.45) is 5.92 Å². The summed E-state index contributed by atoms with van der Waals surface area (Å²) in [4.78, 5) is 11.7. The smallest absolute Gasteiger partial charge is 0.132 e. The minimum Gasteiger partial charge on any atom is -0.300 e. The molecule has 20 heavy (non-hydrogen) atoms. The molecule has 1 heteroatoms. The molecular formula is C19H28O. The number of ketones is 1. The molecule has 1 aromatic carbocycles. The zero-order valence-electron chi connectivity index (χ0n) is 13.0. The van der Waals surface area contributed by atoms with Crippen molar-refractivity contribution in [1.29, 1.82) is 0 Å². The van der Waals surface area contributed by atoms with Crippen LogP contribution in [0.5, 0.6) is 0 Å². The number of hydrogen-bond acceptors (Lipinski definition) is 1. The molecule has 1 aliphatic carbocycles. The monoisotopic (exact) mass is 272 g/mol. The van der Waals surface area contributed by atoms with Gasteiger partial charge in [-0.2, -0.15) is 0 Å². The van der Waals surface area contributed by atoms with Crippen molar-refractivity contribution in [2.75, 3.05) is 0 Å². The van der Waals surface area contributed by atoms with Gasteiger partial charge < -0.3 is 0 Å². The summed E-state index contributed by atoms with van der Waals surface area (Å²) in [5.74, 6) is 1.24. The molecule has 0 aliphatic heterocycles. The maximum Gasteiger partial charge on any atom is 0.132 e. The standard InChI is InChI=1S/C19H28O/c1-3-5-11-18(20)13-12-16-14-19(4-2,15-16)17-9-7-6-8-10-17/h6-10,16H,3-5,11-15H2,1-2H3/t16-,19-. The Kier molecular flexibility index (Phi) is 5.39. The van der Waals surface area contributed by atoms with Crippen LogP contribution in [-0.2, 0) is 10.2 Å². The van der Waals surface area contributed by atoms with Crippen LogP contribution in [0.4, 0.5) is 0 Å². The van der Waals surface area contributed by atoms with E-state index in [1.807, 2.05) is 0 Å². The maximum atomic E-state index is 11.7. The average molecular weight is 272 g/mol. The van der Waals surface area contributed by atoms with Crippen LogP contribution in [0.3, 0.4) is 0 Å². The third kappa shape index (κ3) is 3.50. The highest BCUT2D eigenvalue weighted by atomic mass is 16.1. The van der Waals surface area contributed by atoms with Crippen LogP contribution in [0.2, 0.25) is 0 Å². The summed E-state index contributed by atoms with van der Waals surface area (Å²) >= 11 is 0. The molecule has 1 fully saturated rings. The van der Waals surface area contributed by atoms with Gasteiger partial charge in [0.2, 0.25) is 0 Å². The molecule has 0 aromatic heterocycles. The summed E-state index contributed by atoms with van der Waals surface area (Å²) in [6.07, 6.45) is 8.66. The van der Waals surface area contributed by atoms with E-state index in [4.69, 9.17) is 0 Å². The van der Waals surface area contributed by atoms with Crippen molar-refractivity contribution in [3.63, 3.8) is 0 Å². The fourth-order valence-electron chi connectivity index (χ4n) is 3.63. The third-order valence-corrected chi connectivity index (χ3v) is 5.06. The van der Waals surface area contributed by atoms with Gasteiger partial charge in [-0.15, -0.1) is 0 Å². The molecule has 1 aliphatic rings. The van der Waals surface area contributed by atoms with Gasteiger partial charge in [0.15, 0.2) is 0 Å². The first-order valence-corrected chi connectivity index (χ1v) is 8.27. The lowest BCUT2D eigenvalue weighted by molar-refractivity contribution is -0.119. The maximum absolute atomic E-state index is 11.7. The van der Waals surface area contributed by atoms with E-state index < -0.39 is 0 Å². The first-order chi connectivity index (χ1) is 9.70. The van der Waals surface area contributed by atoms with Gasteiger partial charge in [0.1, 0.15) is 5.78 Å². The Balaban J connectivity index is 1.79. The van der Waals surface area contributed by atoms with Crippen molar-refractivity contribution < 1.29 is 4.79 Å². The number of unbranched alkanes of at least 4 members (excludes halogenated alkanes) is 1. The van der Waals surface area contributed by atoms with Gasteiger partial charge in [-0.25, -0.2) is 0 Å². The highest BCUT2D eigenvalue weighted by molar-refractivity contribution is 5.78. The second kappa shape index (κ2) is 7.06. The van der Waals surface area contributed by atoms with Crippen molar-refractivity contribution in [1.82, 2.24) is 0 Å². The minimum atomic E-state index is 0.401. The number of benzene rings is 1. The SMILES string of the molecule is CCCCC(=O)CC[C@H]1C[C@](CC)(c2ccccc2)C1. The Morgan fingerprint density at radius 2 is 1.85 bits per heavy atom. The molecule has 1 aromatic rings. The van der Waals surface area contributed by atoms with Gasteiger partial charge in [-0.3, -0.25) is 4.79 Å². The second-order valence-electron chi connectivity index (χ2n) is 6.46.